The topological polar surface area (TPSA) is 63.7 Å². The van der Waals surface area contributed by atoms with E-state index >= 15 is 0 Å². The summed E-state index contributed by atoms with van der Waals surface area (Å²) >= 11 is 0. The van der Waals surface area contributed by atoms with Gasteiger partial charge in [0.05, 0.1) is 12.8 Å². The quantitative estimate of drug-likeness (QED) is 0.502. The fraction of sp³-hybridized carbons (Fsp3) is 0.0909. The van der Waals surface area contributed by atoms with Crippen molar-refractivity contribution in [3.05, 3.63) is 100 Å². The summed E-state index contributed by atoms with van der Waals surface area (Å²) in [6, 6.07) is 19.8. The molecule has 0 radical (unpaired) electrons. The van der Waals surface area contributed by atoms with Crippen LogP contribution in [0, 0.1) is 6.92 Å². The summed E-state index contributed by atoms with van der Waals surface area (Å²) in [7, 11) is 0. The Morgan fingerprint density at radius 1 is 1.00 bits per heavy atom. The van der Waals surface area contributed by atoms with Gasteiger partial charge in [0.25, 0.3) is 5.91 Å². The van der Waals surface area contributed by atoms with E-state index in [0.717, 1.165) is 5.56 Å². The zero-order chi connectivity index (χ0) is 18.8. The number of furan rings is 1. The molecule has 1 amide bonds. The van der Waals surface area contributed by atoms with Crippen molar-refractivity contribution in [2.24, 2.45) is 0 Å². The van der Waals surface area contributed by atoms with E-state index in [9.17, 15) is 9.59 Å². The molecular weight excluding hydrogens is 342 g/mol. The van der Waals surface area contributed by atoms with Gasteiger partial charge in [-0.1, -0.05) is 35.9 Å². The lowest BCUT2D eigenvalue weighted by atomic mass is 10.1. The number of hydrogen-bond acceptors (Lipinski definition) is 4. The van der Waals surface area contributed by atoms with E-state index in [2.05, 4.69) is 0 Å². The minimum Gasteiger partial charge on any atom is -0.467 e. The predicted molar refractivity (Wildman–Crippen MR) is 103 cm³/mol. The van der Waals surface area contributed by atoms with Crippen LogP contribution in [0.5, 0.6) is 0 Å². The first kappa shape index (κ1) is 16.8. The summed E-state index contributed by atoms with van der Waals surface area (Å²) in [4.78, 5) is 27.2. The van der Waals surface area contributed by atoms with E-state index in [-0.39, 0.29) is 12.1 Å². The molecule has 4 rings (SSSR count). The number of para-hydroxylation sites is 1. The number of rotatable bonds is 4. The van der Waals surface area contributed by atoms with Crippen LogP contribution in [0.2, 0.25) is 0 Å². The van der Waals surface area contributed by atoms with E-state index in [1.54, 1.807) is 42.7 Å². The van der Waals surface area contributed by atoms with Crippen LogP contribution in [0.3, 0.4) is 0 Å². The monoisotopic (exact) mass is 359 g/mol. The highest BCUT2D eigenvalue weighted by atomic mass is 16.4. The van der Waals surface area contributed by atoms with E-state index in [1.807, 2.05) is 37.3 Å². The minimum atomic E-state index is -0.657. The Kier molecular flexibility index (Phi) is 4.34. The normalized spacial score (nSPS) is 10.9. The SMILES string of the molecule is Cc1ccc(N(Cc2ccco2)C(=O)c2cc3ccccc3oc2=O)cc1. The molecule has 4 aromatic rings. The number of anilines is 1. The third kappa shape index (κ3) is 3.40. The first-order valence-corrected chi connectivity index (χ1v) is 8.55. The molecule has 2 heterocycles. The molecule has 0 bridgehead atoms. The van der Waals surface area contributed by atoms with Gasteiger partial charge in [-0.25, -0.2) is 4.79 Å². The van der Waals surface area contributed by atoms with Crippen LogP contribution in [0.4, 0.5) is 5.69 Å². The Balaban J connectivity index is 1.79. The van der Waals surface area contributed by atoms with Crippen molar-refractivity contribution in [2.75, 3.05) is 4.90 Å². The van der Waals surface area contributed by atoms with Crippen LogP contribution >= 0.6 is 0 Å². The van der Waals surface area contributed by atoms with Crippen LogP contribution in [0.1, 0.15) is 21.7 Å². The Bertz CT molecular complexity index is 1140. The number of aryl methyl sites for hydroxylation is 1. The Labute approximate surface area is 155 Å². The van der Waals surface area contributed by atoms with Crippen molar-refractivity contribution in [3.63, 3.8) is 0 Å². The largest absolute Gasteiger partial charge is 0.467 e. The van der Waals surface area contributed by atoms with Crippen molar-refractivity contribution in [1.82, 2.24) is 0 Å². The van der Waals surface area contributed by atoms with E-state index in [1.165, 1.54) is 4.90 Å². The first-order chi connectivity index (χ1) is 13.1. The van der Waals surface area contributed by atoms with Gasteiger partial charge in [-0.2, -0.15) is 0 Å². The lowest BCUT2D eigenvalue weighted by Gasteiger charge is -2.21. The fourth-order valence-corrected chi connectivity index (χ4v) is 2.92. The van der Waals surface area contributed by atoms with Gasteiger partial charge in [0.2, 0.25) is 0 Å². The Morgan fingerprint density at radius 2 is 1.78 bits per heavy atom. The van der Waals surface area contributed by atoms with Gasteiger partial charge in [-0.3, -0.25) is 4.79 Å². The number of benzene rings is 2. The number of carbonyl (C=O) groups excluding carboxylic acids is 1. The lowest BCUT2D eigenvalue weighted by Crippen LogP contribution is -2.33. The molecule has 0 unspecified atom stereocenters. The molecule has 134 valence electrons. The molecular formula is C22H17NO4. The minimum absolute atomic E-state index is 0.0131. The van der Waals surface area contributed by atoms with Crippen molar-refractivity contribution in [1.29, 1.82) is 0 Å². The number of fused-ring (bicyclic) bond motifs is 1. The Morgan fingerprint density at radius 3 is 2.52 bits per heavy atom. The third-order valence-electron chi connectivity index (χ3n) is 4.36. The molecule has 0 aliphatic rings. The van der Waals surface area contributed by atoms with Crippen LogP contribution in [0.15, 0.2) is 86.6 Å². The van der Waals surface area contributed by atoms with Gasteiger partial charge in [-0.15, -0.1) is 0 Å². The molecule has 5 nitrogen and oxygen atoms in total. The van der Waals surface area contributed by atoms with Crippen LogP contribution < -0.4 is 10.5 Å². The summed E-state index contributed by atoms with van der Waals surface area (Å²) in [6.45, 7) is 2.18. The van der Waals surface area contributed by atoms with Gasteiger partial charge < -0.3 is 13.7 Å². The van der Waals surface area contributed by atoms with Crippen LogP contribution in [-0.4, -0.2) is 5.91 Å². The molecule has 27 heavy (non-hydrogen) atoms. The van der Waals surface area contributed by atoms with Crippen molar-refractivity contribution < 1.29 is 13.6 Å². The predicted octanol–water partition coefficient (Wildman–Crippen LogP) is 4.54. The van der Waals surface area contributed by atoms with Crippen LogP contribution in [-0.2, 0) is 6.54 Å². The summed E-state index contributed by atoms with van der Waals surface area (Å²) in [5, 5.41) is 0.697. The Hall–Kier alpha value is -3.60. The second-order valence-electron chi connectivity index (χ2n) is 6.29. The zero-order valence-electron chi connectivity index (χ0n) is 14.7. The number of carbonyl (C=O) groups is 1. The zero-order valence-corrected chi connectivity index (χ0v) is 14.7. The summed E-state index contributed by atoms with van der Waals surface area (Å²) < 4.78 is 10.7. The second-order valence-corrected chi connectivity index (χ2v) is 6.29. The highest BCUT2D eigenvalue weighted by Gasteiger charge is 2.23. The number of nitrogens with zero attached hydrogens (tertiary/aromatic N) is 1. The van der Waals surface area contributed by atoms with Gasteiger partial charge in [-0.05, 0) is 43.3 Å². The van der Waals surface area contributed by atoms with E-state index < -0.39 is 11.5 Å². The average Bonchev–Trinajstić information content (AvgIpc) is 3.19. The fourth-order valence-electron chi connectivity index (χ4n) is 2.92. The molecule has 0 saturated heterocycles. The maximum atomic E-state index is 13.2. The van der Waals surface area contributed by atoms with E-state index in [4.69, 9.17) is 8.83 Å². The third-order valence-corrected chi connectivity index (χ3v) is 4.36. The van der Waals surface area contributed by atoms with E-state index in [0.29, 0.717) is 22.4 Å². The van der Waals surface area contributed by atoms with Crippen molar-refractivity contribution in [2.45, 2.75) is 13.5 Å². The molecule has 0 fully saturated rings. The molecule has 0 aliphatic carbocycles. The summed E-state index contributed by atoms with van der Waals surface area (Å²) in [6.07, 6.45) is 1.55. The highest BCUT2D eigenvalue weighted by Crippen LogP contribution is 2.22. The molecule has 2 aromatic carbocycles. The molecule has 0 saturated carbocycles. The maximum absolute atomic E-state index is 13.2. The van der Waals surface area contributed by atoms with Gasteiger partial charge >= 0.3 is 5.63 Å². The van der Waals surface area contributed by atoms with Crippen molar-refractivity contribution >= 4 is 22.6 Å². The first-order valence-electron chi connectivity index (χ1n) is 8.55. The standard InChI is InChI=1S/C22H17NO4/c1-15-8-10-17(11-9-15)23(14-18-6-4-12-26-18)21(24)19-13-16-5-2-3-7-20(16)27-22(19)25/h2-13H,14H2,1H3. The molecule has 0 N–H and O–H groups in total. The maximum Gasteiger partial charge on any atom is 0.349 e. The second kappa shape index (κ2) is 6.96. The van der Waals surface area contributed by atoms with Gasteiger partial charge in [0.15, 0.2) is 0 Å². The molecule has 0 atom stereocenters. The van der Waals surface area contributed by atoms with Gasteiger partial charge in [0.1, 0.15) is 16.9 Å². The number of hydrogen-bond donors (Lipinski definition) is 0. The lowest BCUT2D eigenvalue weighted by molar-refractivity contribution is 0.0980. The number of amides is 1. The molecule has 0 aliphatic heterocycles. The molecule has 2 aromatic heterocycles. The average molecular weight is 359 g/mol. The summed E-state index contributed by atoms with van der Waals surface area (Å²) in [5.74, 6) is 0.184. The van der Waals surface area contributed by atoms with Gasteiger partial charge in [0, 0.05) is 11.1 Å². The smallest absolute Gasteiger partial charge is 0.349 e. The highest BCUT2D eigenvalue weighted by molar-refractivity contribution is 6.07. The van der Waals surface area contributed by atoms with Crippen LogP contribution in [0.25, 0.3) is 11.0 Å². The summed E-state index contributed by atoms with van der Waals surface area (Å²) in [5.41, 5.74) is 1.53. The molecule has 0 spiro atoms. The van der Waals surface area contributed by atoms with Crippen molar-refractivity contribution in [3.8, 4) is 0 Å². The molecule has 5 heteroatoms.